The molecule has 2 atom stereocenters. The predicted molar refractivity (Wildman–Crippen MR) is 79.1 cm³/mol. The summed E-state index contributed by atoms with van der Waals surface area (Å²) >= 11 is 0. The maximum absolute atomic E-state index is 11.6. The summed E-state index contributed by atoms with van der Waals surface area (Å²) in [5, 5.41) is 10.5. The standard InChI is InChI=1S/C16H13NO6/c18-16(22-13-8-6-12(7-9-13)17(19)20)21-10-14-15(23-14)11-4-2-1-3-5-11/h1-9,14-15H,10H2/t14-,15+/m0/s1. The molecule has 1 heterocycles. The molecule has 2 aromatic carbocycles. The second-order valence-electron chi connectivity index (χ2n) is 4.92. The first-order valence-corrected chi connectivity index (χ1v) is 6.93. The van der Waals surface area contributed by atoms with Gasteiger partial charge in [-0.25, -0.2) is 4.79 Å². The normalized spacial score (nSPS) is 19.0. The minimum atomic E-state index is -0.874. The highest BCUT2D eigenvalue weighted by molar-refractivity contribution is 5.64. The average Bonchev–Trinajstić information content (AvgIpc) is 3.34. The zero-order valence-corrected chi connectivity index (χ0v) is 12.0. The van der Waals surface area contributed by atoms with Gasteiger partial charge < -0.3 is 14.2 Å². The third-order valence-electron chi connectivity index (χ3n) is 3.32. The van der Waals surface area contributed by atoms with Crippen LogP contribution in [0.15, 0.2) is 54.6 Å². The lowest BCUT2D eigenvalue weighted by Crippen LogP contribution is -2.14. The molecule has 0 aromatic heterocycles. The third-order valence-corrected chi connectivity index (χ3v) is 3.32. The summed E-state index contributed by atoms with van der Waals surface area (Å²) in [7, 11) is 0. The van der Waals surface area contributed by atoms with Crippen LogP contribution in [-0.2, 0) is 9.47 Å². The van der Waals surface area contributed by atoms with Crippen molar-refractivity contribution in [1.82, 2.24) is 0 Å². The Bertz CT molecular complexity index is 700. The zero-order chi connectivity index (χ0) is 16.2. The zero-order valence-electron chi connectivity index (χ0n) is 12.0. The molecule has 1 saturated heterocycles. The van der Waals surface area contributed by atoms with Crippen molar-refractivity contribution in [3.8, 4) is 5.75 Å². The molecular formula is C16H13NO6. The molecule has 0 bridgehead atoms. The fourth-order valence-corrected chi connectivity index (χ4v) is 2.12. The quantitative estimate of drug-likeness (QED) is 0.276. The van der Waals surface area contributed by atoms with Gasteiger partial charge in [0.2, 0.25) is 0 Å². The number of carbonyl (C=O) groups excluding carboxylic acids is 1. The van der Waals surface area contributed by atoms with Gasteiger partial charge in [0.1, 0.15) is 24.6 Å². The van der Waals surface area contributed by atoms with E-state index in [2.05, 4.69) is 0 Å². The van der Waals surface area contributed by atoms with Gasteiger partial charge in [-0.3, -0.25) is 10.1 Å². The van der Waals surface area contributed by atoms with E-state index in [9.17, 15) is 14.9 Å². The summed E-state index contributed by atoms with van der Waals surface area (Å²) in [5.74, 6) is 0.178. The van der Waals surface area contributed by atoms with Crippen LogP contribution in [0.1, 0.15) is 11.7 Å². The van der Waals surface area contributed by atoms with E-state index < -0.39 is 11.1 Å². The van der Waals surface area contributed by atoms with E-state index in [1.165, 1.54) is 24.3 Å². The van der Waals surface area contributed by atoms with Crippen molar-refractivity contribution in [2.24, 2.45) is 0 Å². The second-order valence-corrected chi connectivity index (χ2v) is 4.92. The average molecular weight is 315 g/mol. The van der Waals surface area contributed by atoms with E-state index in [-0.39, 0.29) is 30.3 Å². The fraction of sp³-hybridized carbons (Fsp3) is 0.188. The number of nitro benzene ring substituents is 1. The number of rotatable bonds is 5. The summed E-state index contributed by atoms with van der Waals surface area (Å²) in [5.41, 5.74) is 0.952. The molecule has 0 saturated carbocycles. The topological polar surface area (TPSA) is 91.2 Å². The molecule has 23 heavy (non-hydrogen) atoms. The molecular weight excluding hydrogens is 302 g/mol. The summed E-state index contributed by atoms with van der Waals surface area (Å²) in [4.78, 5) is 21.6. The number of non-ortho nitro benzene ring substituents is 1. The first-order valence-electron chi connectivity index (χ1n) is 6.93. The van der Waals surface area contributed by atoms with Crippen LogP contribution in [0.3, 0.4) is 0 Å². The van der Waals surface area contributed by atoms with Crippen LogP contribution in [0.2, 0.25) is 0 Å². The summed E-state index contributed by atoms with van der Waals surface area (Å²) in [6.45, 7) is 0.0887. The number of ether oxygens (including phenoxy) is 3. The predicted octanol–water partition coefficient (Wildman–Crippen LogP) is 3.25. The molecule has 7 heteroatoms. The number of carbonyl (C=O) groups is 1. The third kappa shape index (κ3) is 3.83. The van der Waals surface area contributed by atoms with Gasteiger partial charge in [0, 0.05) is 12.1 Å². The van der Waals surface area contributed by atoms with E-state index >= 15 is 0 Å². The number of benzene rings is 2. The Balaban J connectivity index is 1.45. The number of hydrogen-bond acceptors (Lipinski definition) is 6. The Labute approximate surface area is 131 Å². The molecule has 1 aliphatic rings. The molecule has 0 unspecified atom stereocenters. The van der Waals surface area contributed by atoms with Crippen molar-refractivity contribution in [2.75, 3.05) is 6.61 Å². The SMILES string of the molecule is O=C(OC[C@@H]1O[C@@H]1c1ccccc1)Oc1ccc([N+](=O)[O-])cc1. The van der Waals surface area contributed by atoms with Gasteiger partial charge >= 0.3 is 6.16 Å². The van der Waals surface area contributed by atoms with E-state index in [1.807, 2.05) is 30.3 Å². The van der Waals surface area contributed by atoms with Crippen LogP contribution in [0.25, 0.3) is 0 Å². The molecule has 2 aromatic rings. The van der Waals surface area contributed by atoms with Crippen molar-refractivity contribution in [3.05, 3.63) is 70.3 Å². The lowest BCUT2D eigenvalue weighted by molar-refractivity contribution is -0.384. The molecule has 7 nitrogen and oxygen atoms in total. The van der Waals surface area contributed by atoms with E-state index in [1.54, 1.807) is 0 Å². The Morgan fingerprint density at radius 2 is 1.83 bits per heavy atom. The number of nitrogens with zero attached hydrogens (tertiary/aromatic N) is 1. The highest BCUT2D eigenvalue weighted by Crippen LogP contribution is 2.38. The number of hydrogen-bond donors (Lipinski definition) is 0. The minimum absolute atomic E-state index is 0.0663. The lowest BCUT2D eigenvalue weighted by Gasteiger charge is -2.04. The lowest BCUT2D eigenvalue weighted by atomic mass is 10.1. The molecule has 0 N–H and O–H groups in total. The molecule has 0 radical (unpaired) electrons. The van der Waals surface area contributed by atoms with Gasteiger partial charge in [-0.05, 0) is 17.7 Å². The number of epoxide rings is 1. The Morgan fingerprint density at radius 1 is 1.13 bits per heavy atom. The van der Waals surface area contributed by atoms with Crippen molar-refractivity contribution >= 4 is 11.8 Å². The second kappa shape index (κ2) is 6.45. The maximum Gasteiger partial charge on any atom is 0.513 e. The first kappa shape index (κ1) is 15.0. The van der Waals surface area contributed by atoms with Crippen LogP contribution < -0.4 is 4.74 Å². The molecule has 0 spiro atoms. The molecule has 3 rings (SSSR count). The molecule has 0 aliphatic carbocycles. The van der Waals surface area contributed by atoms with Gasteiger partial charge in [0.05, 0.1) is 4.92 Å². The first-order chi connectivity index (χ1) is 11.1. The Kier molecular flexibility index (Phi) is 4.20. The van der Waals surface area contributed by atoms with E-state index in [0.29, 0.717) is 0 Å². The highest BCUT2D eigenvalue weighted by Gasteiger charge is 2.41. The minimum Gasteiger partial charge on any atom is -0.431 e. The van der Waals surface area contributed by atoms with Crippen molar-refractivity contribution in [1.29, 1.82) is 0 Å². The van der Waals surface area contributed by atoms with Crippen LogP contribution in [0.5, 0.6) is 5.75 Å². The maximum atomic E-state index is 11.6. The Hall–Kier alpha value is -2.93. The van der Waals surface area contributed by atoms with Gasteiger partial charge in [0.15, 0.2) is 0 Å². The van der Waals surface area contributed by atoms with Crippen LogP contribution in [-0.4, -0.2) is 23.8 Å². The van der Waals surface area contributed by atoms with Gasteiger partial charge in [-0.1, -0.05) is 30.3 Å². The fourth-order valence-electron chi connectivity index (χ4n) is 2.12. The molecule has 0 amide bonds. The van der Waals surface area contributed by atoms with Gasteiger partial charge in [0.25, 0.3) is 5.69 Å². The van der Waals surface area contributed by atoms with Gasteiger partial charge in [-0.15, -0.1) is 0 Å². The summed E-state index contributed by atoms with van der Waals surface area (Å²) in [6, 6.07) is 14.8. The van der Waals surface area contributed by atoms with Crippen molar-refractivity contribution in [2.45, 2.75) is 12.2 Å². The molecule has 118 valence electrons. The number of nitro groups is 1. The van der Waals surface area contributed by atoms with E-state index in [4.69, 9.17) is 14.2 Å². The molecule has 1 aliphatic heterocycles. The smallest absolute Gasteiger partial charge is 0.431 e. The van der Waals surface area contributed by atoms with Gasteiger partial charge in [-0.2, -0.15) is 0 Å². The van der Waals surface area contributed by atoms with Crippen molar-refractivity contribution < 1.29 is 23.9 Å². The van der Waals surface area contributed by atoms with E-state index in [0.717, 1.165) is 5.56 Å². The van der Waals surface area contributed by atoms with Crippen LogP contribution >= 0.6 is 0 Å². The Morgan fingerprint density at radius 3 is 2.48 bits per heavy atom. The highest BCUT2D eigenvalue weighted by atomic mass is 16.7. The summed E-state index contributed by atoms with van der Waals surface area (Å²) < 4.78 is 15.3. The van der Waals surface area contributed by atoms with Crippen LogP contribution in [0.4, 0.5) is 10.5 Å². The largest absolute Gasteiger partial charge is 0.513 e. The monoisotopic (exact) mass is 315 g/mol. The molecule has 1 fully saturated rings. The summed E-state index contributed by atoms with van der Waals surface area (Å²) in [6.07, 6.45) is -1.12. The van der Waals surface area contributed by atoms with Crippen molar-refractivity contribution in [3.63, 3.8) is 0 Å². The van der Waals surface area contributed by atoms with Crippen LogP contribution in [0, 0.1) is 10.1 Å².